The van der Waals surface area contributed by atoms with Crippen molar-refractivity contribution in [2.75, 3.05) is 12.9 Å². The van der Waals surface area contributed by atoms with Crippen LogP contribution in [0, 0.1) is 0 Å². The highest BCUT2D eigenvalue weighted by Gasteiger charge is 2.24. The number of rotatable bonds is 7. The summed E-state index contributed by atoms with van der Waals surface area (Å²) in [6.07, 6.45) is 7.74. The number of hydrogen-bond donors (Lipinski definition) is 1. The van der Waals surface area contributed by atoms with E-state index in [1.165, 1.54) is 18.2 Å². The highest BCUT2D eigenvalue weighted by molar-refractivity contribution is 7.93. The van der Waals surface area contributed by atoms with Gasteiger partial charge in [0.05, 0.1) is 12.2 Å². The van der Waals surface area contributed by atoms with Crippen LogP contribution < -0.4 is 10.5 Å². The fourth-order valence-corrected chi connectivity index (χ4v) is 3.76. The quantitative estimate of drug-likeness (QED) is 0.818. The van der Waals surface area contributed by atoms with Crippen LogP contribution in [0.4, 0.5) is 0 Å². The molecule has 0 saturated heterocycles. The second-order valence-electron chi connectivity index (χ2n) is 6.19. The van der Waals surface area contributed by atoms with Gasteiger partial charge in [-0.25, -0.2) is 8.42 Å². The minimum absolute atomic E-state index is 0.348. The first-order chi connectivity index (χ1) is 11.3. The third kappa shape index (κ3) is 4.60. The Morgan fingerprint density at radius 1 is 1.33 bits per heavy atom. The largest absolute Gasteiger partial charge is 0.493 e. The van der Waals surface area contributed by atoms with Gasteiger partial charge in [0.15, 0.2) is 9.84 Å². The van der Waals surface area contributed by atoms with Gasteiger partial charge >= 0.3 is 0 Å². The molecule has 0 heterocycles. The molecule has 0 bridgehead atoms. The molecule has 0 radical (unpaired) electrons. The van der Waals surface area contributed by atoms with Gasteiger partial charge in [0.25, 0.3) is 5.91 Å². The summed E-state index contributed by atoms with van der Waals surface area (Å²) in [7, 11) is -3.19. The Bertz CT molecular complexity index is 732. The van der Waals surface area contributed by atoms with Crippen LogP contribution in [-0.2, 0) is 16.3 Å². The number of nitrogens with two attached hydrogens (primary N) is 1. The minimum atomic E-state index is -3.19. The van der Waals surface area contributed by atoms with Gasteiger partial charge in [-0.1, -0.05) is 25.0 Å². The van der Waals surface area contributed by atoms with Gasteiger partial charge in [0.2, 0.25) is 0 Å². The van der Waals surface area contributed by atoms with Crippen LogP contribution in [-0.4, -0.2) is 27.2 Å². The molecule has 2 N–H and O–H groups in total. The Morgan fingerprint density at radius 2 is 2.00 bits per heavy atom. The van der Waals surface area contributed by atoms with Gasteiger partial charge < -0.3 is 10.5 Å². The number of primary amides is 1. The molecule has 1 saturated carbocycles. The van der Waals surface area contributed by atoms with Crippen molar-refractivity contribution in [3.8, 4) is 5.75 Å². The van der Waals surface area contributed by atoms with E-state index in [1.807, 2.05) is 13.0 Å². The van der Waals surface area contributed by atoms with E-state index in [0.29, 0.717) is 30.3 Å². The van der Waals surface area contributed by atoms with Crippen molar-refractivity contribution >= 4 is 15.7 Å². The molecule has 0 spiro atoms. The fraction of sp³-hybridized carbons (Fsp3) is 0.500. The van der Waals surface area contributed by atoms with Crippen molar-refractivity contribution in [1.82, 2.24) is 0 Å². The van der Waals surface area contributed by atoms with Crippen molar-refractivity contribution in [2.24, 2.45) is 5.73 Å². The van der Waals surface area contributed by atoms with Gasteiger partial charge in [0.1, 0.15) is 5.75 Å². The smallest absolute Gasteiger partial charge is 0.252 e. The molecule has 5 nitrogen and oxygen atoms in total. The zero-order chi connectivity index (χ0) is 17.7. The molecular formula is C18H25NO4S. The summed E-state index contributed by atoms with van der Waals surface area (Å²) >= 11 is 0. The van der Waals surface area contributed by atoms with Gasteiger partial charge in [0, 0.05) is 17.2 Å². The van der Waals surface area contributed by atoms with Crippen LogP contribution >= 0.6 is 0 Å². The fourth-order valence-electron chi connectivity index (χ4n) is 3.32. The highest BCUT2D eigenvalue weighted by atomic mass is 32.2. The molecule has 1 aliphatic rings. The van der Waals surface area contributed by atoms with E-state index in [-0.39, 0.29) is 0 Å². The van der Waals surface area contributed by atoms with Gasteiger partial charge in [-0.3, -0.25) is 4.79 Å². The van der Waals surface area contributed by atoms with E-state index < -0.39 is 15.7 Å². The van der Waals surface area contributed by atoms with E-state index in [4.69, 9.17) is 10.5 Å². The van der Waals surface area contributed by atoms with E-state index in [0.717, 1.165) is 30.2 Å². The molecular weight excluding hydrogens is 326 g/mol. The molecule has 1 fully saturated rings. The molecule has 0 atom stereocenters. The second-order valence-corrected chi connectivity index (χ2v) is 8.13. The Balaban J connectivity index is 2.52. The minimum Gasteiger partial charge on any atom is -0.493 e. The predicted molar refractivity (Wildman–Crippen MR) is 95.0 cm³/mol. The Labute approximate surface area is 143 Å². The lowest BCUT2D eigenvalue weighted by molar-refractivity contribution is 0.0996. The summed E-state index contributed by atoms with van der Waals surface area (Å²) in [6.45, 7) is 2.26. The number of hydrogen-bond acceptors (Lipinski definition) is 4. The summed E-state index contributed by atoms with van der Waals surface area (Å²) in [5, 5.41) is 1.19. The van der Waals surface area contributed by atoms with E-state index >= 15 is 0 Å². The zero-order valence-electron chi connectivity index (χ0n) is 14.2. The summed E-state index contributed by atoms with van der Waals surface area (Å²) < 4.78 is 28.4. The van der Waals surface area contributed by atoms with Gasteiger partial charge in [-0.15, -0.1) is 0 Å². The van der Waals surface area contributed by atoms with Crippen LogP contribution in [0.1, 0.15) is 60.0 Å². The van der Waals surface area contributed by atoms with Crippen LogP contribution in [0.25, 0.3) is 0 Å². The first-order valence-electron chi connectivity index (χ1n) is 8.28. The summed E-state index contributed by atoms with van der Waals surface area (Å²) in [6, 6.07) is 3.67. The number of amides is 1. The SMILES string of the molecule is CCOc1c(C(N)=O)ccc(C2CCCC2)c1C/C=C/S(C)(=O)=O. The lowest BCUT2D eigenvalue weighted by atomic mass is 9.89. The molecule has 0 aliphatic heterocycles. The second kappa shape index (κ2) is 7.83. The van der Waals surface area contributed by atoms with E-state index in [1.54, 1.807) is 12.1 Å². The van der Waals surface area contributed by atoms with Crippen molar-refractivity contribution in [2.45, 2.75) is 44.9 Å². The Kier molecular flexibility index (Phi) is 6.04. The monoisotopic (exact) mass is 351 g/mol. The molecule has 132 valence electrons. The molecule has 1 aromatic carbocycles. The molecule has 1 aliphatic carbocycles. The first kappa shape index (κ1) is 18.5. The van der Waals surface area contributed by atoms with Gasteiger partial charge in [-0.2, -0.15) is 0 Å². The Hall–Kier alpha value is -1.82. The van der Waals surface area contributed by atoms with Crippen LogP contribution in [0.15, 0.2) is 23.6 Å². The maximum Gasteiger partial charge on any atom is 0.252 e. The van der Waals surface area contributed by atoms with Crippen molar-refractivity contribution in [3.63, 3.8) is 0 Å². The third-order valence-corrected chi connectivity index (χ3v) is 5.00. The molecule has 0 aromatic heterocycles. The number of ether oxygens (including phenoxy) is 1. The molecule has 0 unspecified atom stereocenters. The number of benzene rings is 1. The molecule has 6 heteroatoms. The van der Waals surface area contributed by atoms with E-state index in [9.17, 15) is 13.2 Å². The third-order valence-electron chi connectivity index (χ3n) is 4.31. The van der Waals surface area contributed by atoms with Crippen molar-refractivity contribution < 1.29 is 17.9 Å². The molecule has 2 rings (SSSR count). The number of carbonyl (C=O) groups excluding carboxylic acids is 1. The average molecular weight is 351 g/mol. The summed E-state index contributed by atoms with van der Waals surface area (Å²) in [5.41, 5.74) is 7.84. The number of allylic oxidation sites excluding steroid dienone is 1. The number of sulfone groups is 1. The topological polar surface area (TPSA) is 86.5 Å². The lowest BCUT2D eigenvalue weighted by Gasteiger charge is -2.20. The average Bonchev–Trinajstić information content (AvgIpc) is 3.01. The predicted octanol–water partition coefficient (Wildman–Crippen LogP) is 2.94. The highest BCUT2D eigenvalue weighted by Crippen LogP contribution is 2.40. The lowest BCUT2D eigenvalue weighted by Crippen LogP contribution is -2.15. The first-order valence-corrected chi connectivity index (χ1v) is 10.2. The van der Waals surface area contributed by atoms with Crippen molar-refractivity contribution in [3.05, 3.63) is 40.3 Å². The maximum absolute atomic E-state index is 11.7. The van der Waals surface area contributed by atoms with Crippen LogP contribution in [0.5, 0.6) is 5.75 Å². The van der Waals surface area contributed by atoms with Crippen LogP contribution in [0.3, 0.4) is 0 Å². The zero-order valence-corrected chi connectivity index (χ0v) is 15.1. The standard InChI is InChI=1S/C18H25NO4S/c1-3-23-17-15(9-6-12-24(2,21)22)14(13-7-4-5-8-13)10-11-16(17)18(19)20/h6,10-13H,3-5,7-9H2,1-2H3,(H2,19,20)/b12-6+. The summed E-state index contributed by atoms with van der Waals surface area (Å²) in [5.74, 6) is 0.380. The summed E-state index contributed by atoms with van der Waals surface area (Å²) in [4.78, 5) is 11.7. The molecule has 24 heavy (non-hydrogen) atoms. The van der Waals surface area contributed by atoms with Crippen molar-refractivity contribution in [1.29, 1.82) is 0 Å². The normalized spacial score (nSPS) is 15.9. The van der Waals surface area contributed by atoms with Crippen LogP contribution in [0.2, 0.25) is 0 Å². The maximum atomic E-state index is 11.7. The van der Waals surface area contributed by atoms with E-state index in [2.05, 4.69) is 0 Å². The molecule has 1 amide bonds. The van der Waals surface area contributed by atoms with Gasteiger partial charge in [-0.05, 0) is 43.7 Å². The number of carbonyl (C=O) groups is 1. The Morgan fingerprint density at radius 3 is 2.54 bits per heavy atom. The molecule has 1 aromatic rings.